The highest BCUT2D eigenvalue weighted by molar-refractivity contribution is 9.10. The van der Waals surface area contributed by atoms with Gasteiger partial charge in [-0.1, -0.05) is 28.9 Å². The Morgan fingerprint density at radius 3 is 2.81 bits per heavy atom. The minimum absolute atomic E-state index is 0.129. The maximum absolute atomic E-state index is 13.6. The van der Waals surface area contributed by atoms with Gasteiger partial charge in [-0.2, -0.15) is 0 Å². The first-order chi connectivity index (χ1) is 7.50. The smallest absolute Gasteiger partial charge is 0.126 e. The maximum Gasteiger partial charge on any atom is 0.126 e. The van der Waals surface area contributed by atoms with Gasteiger partial charge in [0.15, 0.2) is 0 Å². The van der Waals surface area contributed by atoms with Crippen LogP contribution in [0.25, 0.3) is 0 Å². The number of hydrogen-bond acceptors (Lipinski definition) is 1. The van der Waals surface area contributed by atoms with E-state index in [1.54, 1.807) is 6.07 Å². The van der Waals surface area contributed by atoms with Crippen molar-refractivity contribution in [3.63, 3.8) is 0 Å². The van der Waals surface area contributed by atoms with Crippen LogP contribution in [0, 0.1) is 11.2 Å². The molecule has 0 amide bonds. The van der Waals surface area contributed by atoms with Crippen LogP contribution in [0.4, 0.5) is 4.39 Å². The number of nitrogens with one attached hydrogen (secondary N) is 1. The fourth-order valence-electron chi connectivity index (χ4n) is 1.72. The van der Waals surface area contributed by atoms with E-state index < -0.39 is 0 Å². The highest BCUT2D eigenvalue weighted by atomic mass is 79.9. The van der Waals surface area contributed by atoms with Crippen LogP contribution < -0.4 is 5.32 Å². The van der Waals surface area contributed by atoms with Crippen molar-refractivity contribution in [3.8, 4) is 0 Å². The predicted octanol–water partition coefficient (Wildman–Crippen LogP) is 3.54. The lowest BCUT2D eigenvalue weighted by Gasteiger charge is -2.25. The summed E-state index contributed by atoms with van der Waals surface area (Å²) < 4.78 is 14.5. The highest BCUT2D eigenvalue weighted by Gasteiger charge is 2.21. The second-order valence-electron chi connectivity index (χ2n) is 4.30. The Balaban J connectivity index is 2.93. The van der Waals surface area contributed by atoms with Crippen LogP contribution in [0.5, 0.6) is 0 Å². The average molecular weight is 286 g/mol. The van der Waals surface area contributed by atoms with Gasteiger partial charge in [-0.25, -0.2) is 4.39 Å². The standard InChI is InChI=1S/C13H17BrFN/c1-4-13(2,9-16-3)8-10-7-11(14)5-6-12(10)15/h4-7,16H,1,8-9H2,2-3H3. The molecule has 0 spiro atoms. The van der Waals surface area contributed by atoms with Gasteiger partial charge >= 0.3 is 0 Å². The molecule has 0 fully saturated rings. The molecule has 88 valence electrons. The molecule has 0 heterocycles. The Morgan fingerprint density at radius 1 is 1.56 bits per heavy atom. The first-order valence-electron chi connectivity index (χ1n) is 5.23. The Morgan fingerprint density at radius 2 is 2.25 bits per heavy atom. The molecule has 0 aliphatic carbocycles. The van der Waals surface area contributed by atoms with Crippen molar-refractivity contribution in [2.75, 3.05) is 13.6 Å². The third-order valence-electron chi connectivity index (χ3n) is 2.68. The quantitative estimate of drug-likeness (QED) is 0.816. The monoisotopic (exact) mass is 285 g/mol. The summed E-state index contributed by atoms with van der Waals surface area (Å²) in [6.07, 6.45) is 2.52. The molecule has 0 aromatic heterocycles. The molecule has 0 saturated carbocycles. The lowest BCUT2D eigenvalue weighted by molar-refractivity contribution is 0.398. The number of benzene rings is 1. The van der Waals surface area contributed by atoms with E-state index in [9.17, 15) is 4.39 Å². The van der Waals surface area contributed by atoms with Gasteiger partial charge in [0.05, 0.1) is 0 Å². The third kappa shape index (κ3) is 3.42. The van der Waals surface area contributed by atoms with E-state index in [0.29, 0.717) is 12.0 Å². The van der Waals surface area contributed by atoms with Crippen LogP contribution in [-0.2, 0) is 6.42 Å². The van der Waals surface area contributed by atoms with E-state index in [1.165, 1.54) is 6.07 Å². The van der Waals surface area contributed by atoms with Crippen LogP contribution in [0.15, 0.2) is 35.3 Å². The second-order valence-corrected chi connectivity index (χ2v) is 5.22. The van der Waals surface area contributed by atoms with Crippen LogP contribution in [0.1, 0.15) is 12.5 Å². The topological polar surface area (TPSA) is 12.0 Å². The van der Waals surface area contributed by atoms with Crippen molar-refractivity contribution >= 4 is 15.9 Å². The SMILES string of the molecule is C=CC(C)(CNC)Cc1cc(Br)ccc1F. The van der Waals surface area contributed by atoms with E-state index in [2.05, 4.69) is 34.7 Å². The summed E-state index contributed by atoms with van der Waals surface area (Å²) in [6.45, 7) is 6.67. The fraction of sp³-hybridized carbons (Fsp3) is 0.385. The van der Waals surface area contributed by atoms with Crippen molar-refractivity contribution in [3.05, 3.63) is 46.7 Å². The van der Waals surface area contributed by atoms with Gasteiger partial charge in [-0.05, 0) is 37.2 Å². The first kappa shape index (κ1) is 13.4. The van der Waals surface area contributed by atoms with Crippen LogP contribution in [-0.4, -0.2) is 13.6 Å². The molecule has 1 rings (SSSR count). The Hall–Kier alpha value is -0.670. The molecule has 1 atom stereocenters. The van der Waals surface area contributed by atoms with Crippen LogP contribution in [0.2, 0.25) is 0 Å². The van der Waals surface area contributed by atoms with Gasteiger partial charge in [0.25, 0.3) is 0 Å². The van der Waals surface area contributed by atoms with E-state index in [1.807, 2.05) is 19.2 Å². The Labute approximate surface area is 105 Å². The van der Waals surface area contributed by atoms with Crippen molar-refractivity contribution in [1.29, 1.82) is 0 Å². The lowest BCUT2D eigenvalue weighted by Crippen LogP contribution is -2.30. The van der Waals surface area contributed by atoms with E-state index in [-0.39, 0.29) is 11.2 Å². The summed E-state index contributed by atoms with van der Waals surface area (Å²) in [6, 6.07) is 5.02. The average Bonchev–Trinajstić information content (AvgIpc) is 2.24. The third-order valence-corrected chi connectivity index (χ3v) is 3.17. The number of hydrogen-bond donors (Lipinski definition) is 1. The minimum Gasteiger partial charge on any atom is -0.319 e. The summed E-state index contributed by atoms with van der Waals surface area (Å²) >= 11 is 3.36. The van der Waals surface area contributed by atoms with Gasteiger partial charge in [0, 0.05) is 16.4 Å². The van der Waals surface area contributed by atoms with E-state index >= 15 is 0 Å². The summed E-state index contributed by atoms with van der Waals surface area (Å²) in [5.74, 6) is -0.160. The Kier molecular flexibility index (Phi) is 4.69. The summed E-state index contributed by atoms with van der Waals surface area (Å²) in [5.41, 5.74) is 0.586. The largest absolute Gasteiger partial charge is 0.319 e. The molecule has 0 saturated heterocycles. The van der Waals surface area contributed by atoms with Gasteiger partial charge in [-0.15, -0.1) is 6.58 Å². The molecular formula is C13H17BrFN. The first-order valence-corrected chi connectivity index (χ1v) is 6.02. The lowest BCUT2D eigenvalue weighted by atomic mass is 9.83. The summed E-state index contributed by atoms with van der Waals surface area (Å²) in [4.78, 5) is 0. The molecule has 1 aromatic carbocycles. The molecule has 0 bridgehead atoms. The van der Waals surface area contributed by atoms with Gasteiger partial charge in [0.1, 0.15) is 5.82 Å². The number of rotatable bonds is 5. The molecule has 16 heavy (non-hydrogen) atoms. The molecule has 1 aromatic rings. The Bertz CT molecular complexity index is 378. The van der Waals surface area contributed by atoms with Crippen molar-refractivity contribution in [1.82, 2.24) is 5.32 Å². The molecule has 1 N–H and O–H groups in total. The zero-order chi connectivity index (χ0) is 12.2. The van der Waals surface area contributed by atoms with Gasteiger partial charge in [-0.3, -0.25) is 0 Å². The number of halogens is 2. The van der Waals surface area contributed by atoms with Gasteiger partial charge < -0.3 is 5.32 Å². The van der Waals surface area contributed by atoms with Gasteiger partial charge in [0.2, 0.25) is 0 Å². The molecule has 1 nitrogen and oxygen atoms in total. The summed E-state index contributed by atoms with van der Waals surface area (Å²) in [7, 11) is 1.89. The molecular weight excluding hydrogens is 269 g/mol. The second kappa shape index (κ2) is 5.60. The zero-order valence-corrected chi connectivity index (χ0v) is 11.3. The predicted molar refractivity (Wildman–Crippen MR) is 70.0 cm³/mol. The summed E-state index contributed by atoms with van der Waals surface area (Å²) in [5, 5.41) is 3.11. The molecule has 0 aliphatic rings. The zero-order valence-electron chi connectivity index (χ0n) is 9.69. The molecule has 0 aliphatic heterocycles. The minimum atomic E-state index is -0.160. The maximum atomic E-state index is 13.6. The normalized spacial score (nSPS) is 14.5. The van der Waals surface area contributed by atoms with Crippen LogP contribution >= 0.6 is 15.9 Å². The van der Waals surface area contributed by atoms with Crippen molar-refractivity contribution in [2.24, 2.45) is 5.41 Å². The van der Waals surface area contributed by atoms with E-state index in [4.69, 9.17) is 0 Å². The van der Waals surface area contributed by atoms with E-state index in [0.717, 1.165) is 11.0 Å². The van der Waals surface area contributed by atoms with Crippen LogP contribution in [0.3, 0.4) is 0 Å². The van der Waals surface area contributed by atoms with Crippen molar-refractivity contribution in [2.45, 2.75) is 13.3 Å². The molecule has 0 radical (unpaired) electrons. The highest BCUT2D eigenvalue weighted by Crippen LogP contribution is 2.26. The molecule has 1 unspecified atom stereocenters. The fourth-order valence-corrected chi connectivity index (χ4v) is 2.13. The van der Waals surface area contributed by atoms with Crippen molar-refractivity contribution < 1.29 is 4.39 Å². The molecule has 3 heteroatoms.